The average molecular weight is 361 g/mol. The molecule has 9 heteroatoms. The van der Waals surface area contributed by atoms with Crippen molar-refractivity contribution in [1.82, 2.24) is 20.0 Å². The smallest absolute Gasteiger partial charge is 0.266 e. The fourth-order valence-electron chi connectivity index (χ4n) is 2.05. The lowest BCUT2D eigenvalue weighted by molar-refractivity contribution is -0.119. The second-order valence-corrected chi connectivity index (χ2v) is 7.36. The van der Waals surface area contributed by atoms with Gasteiger partial charge in [0.1, 0.15) is 10.7 Å². The molecule has 1 N–H and O–H groups in total. The second kappa shape index (κ2) is 7.02. The summed E-state index contributed by atoms with van der Waals surface area (Å²) in [5, 5.41) is 18.0. The third-order valence-electron chi connectivity index (χ3n) is 3.29. The zero-order valence-corrected chi connectivity index (χ0v) is 14.7. The number of thiophene rings is 1. The minimum absolute atomic E-state index is 0.196. The summed E-state index contributed by atoms with van der Waals surface area (Å²) >= 11 is 2.86. The number of hydrogen-bond donors (Lipinski definition) is 1. The highest BCUT2D eigenvalue weighted by molar-refractivity contribution is 7.15. The molecule has 0 saturated heterocycles. The average Bonchev–Trinajstić information content (AvgIpc) is 3.21. The van der Waals surface area contributed by atoms with Crippen LogP contribution in [0.3, 0.4) is 0 Å². The van der Waals surface area contributed by atoms with Crippen LogP contribution in [0.25, 0.3) is 10.6 Å². The maximum Gasteiger partial charge on any atom is 0.266 e. The molecule has 0 fully saturated rings. The molecule has 3 aromatic heterocycles. The van der Waals surface area contributed by atoms with Gasteiger partial charge in [-0.15, -0.1) is 21.5 Å². The molecule has 0 spiro atoms. The number of amides is 1. The minimum atomic E-state index is -0.432. The summed E-state index contributed by atoms with van der Waals surface area (Å²) in [6.45, 7) is 3.76. The Morgan fingerprint density at radius 2 is 2.17 bits per heavy atom. The van der Waals surface area contributed by atoms with Crippen LogP contribution < -0.4 is 10.9 Å². The van der Waals surface area contributed by atoms with Crippen molar-refractivity contribution in [2.45, 2.75) is 20.4 Å². The van der Waals surface area contributed by atoms with E-state index in [-0.39, 0.29) is 18.0 Å². The quantitative estimate of drug-likeness (QED) is 0.754. The fourth-order valence-corrected chi connectivity index (χ4v) is 3.34. The molecule has 124 valence electrons. The minimum Gasteiger partial charge on any atom is -0.300 e. The molecular formula is C15H15N5O2S2. The number of aryl methyl sites for hydroxylation is 1. The first kappa shape index (κ1) is 16.5. The topological polar surface area (TPSA) is 89.8 Å². The number of carbonyl (C=O) groups is 1. The van der Waals surface area contributed by atoms with E-state index in [0.29, 0.717) is 5.13 Å². The van der Waals surface area contributed by atoms with E-state index in [1.54, 1.807) is 24.3 Å². The van der Waals surface area contributed by atoms with Gasteiger partial charge in [0.2, 0.25) is 11.0 Å². The van der Waals surface area contributed by atoms with Crippen molar-refractivity contribution in [3.63, 3.8) is 0 Å². The second-order valence-electron chi connectivity index (χ2n) is 5.23. The molecule has 0 unspecified atom stereocenters. The molecule has 0 bridgehead atoms. The number of rotatable bonds is 5. The Morgan fingerprint density at radius 3 is 2.83 bits per heavy atom. The molecule has 0 aliphatic carbocycles. The first-order valence-corrected chi connectivity index (χ1v) is 8.95. The number of nitrogens with one attached hydrogen (secondary N) is 1. The van der Waals surface area contributed by atoms with Crippen LogP contribution in [0.15, 0.2) is 34.4 Å². The van der Waals surface area contributed by atoms with Gasteiger partial charge in [-0.25, -0.2) is 4.68 Å². The van der Waals surface area contributed by atoms with E-state index < -0.39 is 5.92 Å². The van der Waals surface area contributed by atoms with Crippen LogP contribution in [0.2, 0.25) is 0 Å². The van der Waals surface area contributed by atoms with Gasteiger partial charge in [0.05, 0.1) is 17.3 Å². The number of carbonyl (C=O) groups excluding carboxylic acids is 1. The van der Waals surface area contributed by atoms with Gasteiger partial charge in [0.25, 0.3) is 5.56 Å². The van der Waals surface area contributed by atoms with Crippen molar-refractivity contribution >= 4 is 33.7 Å². The van der Waals surface area contributed by atoms with Crippen molar-refractivity contribution in [1.29, 1.82) is 0 Å². The number of anilines is 1. The van der Waals surface area contributed by atoms with Crippen LogP contribution in [0.4, 0.5) is 5.13 Å². The van der Waals surface area contributed by atoms with Crippen molar-refractivity contribution in [2.24, 2.45) is 5.92 Å². The van der Waals surface area contributed by atoms with Crippen LogP contribution >= 0.6 is 22.7 Å². The zero-order valence-electron chi connectivity index (χ0n) is 13.1. The van der Waals surface area contributed by atoms with Gasteiger partial charge >= 0.3 is 0 Å². The monoisotopic (exact) mass is 361 g/mol. The van der Waals surface area contributed by atoms with E-state index in [1.165, 1.54) is 22.1 Å². The molecular weight excluding hydrogens is 346 g/mol. The predicted molar refractivity (Wildman–Crippen MR) is 94.2 cm³/mol. The summed E-state index contributed by atoms with van der Waals surface area (Å²) < 4.78 is 1.32. The Bertz CT molecular complexity index is 901. The van der Waals surface area contributed by atoms with E-state index in [4.69, 9.17) is 0 Å². The van der Waals surface area contributed by atoms with Crippen molar-refractivity contribution < 1.29 is 4.79 Å². The van der Waals surface area contributed by atoms with Gasteiger partial charge < -0.3 is 5.32 Å². The van der Waals surface area contributed by atoms with Crippen molar-refractivity contribution in [3.05, 3.63) is 45.0 Å². The maximum atomic E-state index is 12.2. The van der Waals surface area contributed by atoms with Crippen LogP contribution in [-0.4, -0.2) is 25.9 Å². The number of hydrogen-bond acceptors (Lipinski definition) is 7. The van der Waals surface area contributed by atoms with Gasteiger partial charge in [-0.05, 0) is 24.4 Å². The summed E-state index contributed by atoms with van der Waals surface area (Å²) in [6, 6.07) is 7.03. The van der Waals surface area contributed by atoms with Crippen LogP contribution in [0.5, 0.6) is 0 Å². The van der Waals surface area contributed by atoms with Gasteiger partial charge in [-0.1, -0.05) is 24.3 Å². The number of nitrogens with zero attached hydrogens (tertiary/aromatic N) is 4. The Labute approximate surface area is 146 Å². The predicted octanol–water partition coefficient (Wildman–Crippen LogP) is 2.41. The fraction of sp³-hybridized carbons (Fsp3) is 0.267. The lowest BCUT2D eigenvalue weighted by Crippen LogP contribution is -2.30. The van der Waals surface area contributed by atoms with Crippen molar-refractivity contribution in [3.8, 4) is 10.6 Å². The van der Waals surface area contributed by atoms with Gasteiger partial charge in [-0.3, -0.25) is 9.59 Å². The highest BCUT2D eigenvalue weighted by Crippen LogP contribution is 2.21. The third kappa shape index (κ3) is 3.74. The molecule has 24 heavy (non-hydrogen) atoms. The molecule has 0 aliphatic heterocycles. The van der Waals surface area contributed by atoms with E-state index >= 15 is 0 Å². The Morgan fingerprint density at radius 1 is 1.33 bits per heavy atom. The molecule has 1 atom stereocenters. The molecule has 3 aromatic rings. The molecule has 0 aromatic carbocycles. The summed E-state index contributed by atoms with van der Waals surface area (Å²) in [5.41, 5.74) is 0.485. The largest absolute Gasteiger partial charge is 0.300 e. The van der Waals surface area contributed by atoms with Crippen LogP contribution in [-0.2, 0) is 11.3 Å². The van der Waals surface area contributed by atoms with Crippen LogP contribution in [0.1, 0.15) is 11.9 Å². The standard InChI is InChI=1S/C15H15N5O2S2/c1-9(14(22)16-15-18-17-10(2)24-15)8-20-13(21)6-5-11(19-20)12-4-3-7-23-12/h3-7,9H,8H2,1-2H3,(H,16,18,22)/t9-/m0/s1. The van der Waals surface area contributed by atoms with Crippen molar-refractivity contribution in [2.75, 3.05) is 5.32 Å². The first-order chi connectivity index (χ1) is 11.5. The van der Waals surface area contributed by atoms with E-state index in [2.05, 4.69) is 20.6 Å². The molecule has 0 saturated carbocycles. The van der Waals surface area contributed by atoms with Gasteiger partial charge in [0, 0.05) is 6.07 Å². The highest BCUT2D eigenvalue weighted by Gasteiger charge is 2.17. The van der Waals surface area contributed by atoms with E-state index in [0.717, 1.165) is 15.6 Å². The molecule has 3 rings (SSSR count). The molecule has 7 nitrogen and oxygen atoms in total. The lowest BCUT2D eigenvalue weighted by Gasteiger charge is -2.12. The number of aromatic nitrogens is 4. The van der Waals surface area contributed by atoms with Gasteiger partial charge in [0.15, 0.2) is 0 Å². The van der Waals surface area contributed by atoms with Gasteiger partial charge in [-0.2, -0.15) is 5.10 Å². The maximum absolute atomic E-state index is 12.2. The Hall–Kier alpha value is -2.39. The Kier molecular flexibility index (Phi) is 4.81. The Balaban J connectivity index is 1.73. The molecule has 0 aliphatic rings. The van der Waals surface area contributed by atoms with E-state index in [1.807, 2.05) is 24.4 Å². The summed E-state index contributed by atoms with van der Waals surface area (Å²) in [5.74, 6) is -0.653. The van der Waals surface area contributed by atoms with E-state index in [9.17, 15) is 9.59 Å². The van der Waals surface area contributed by atoms with Crippen LogP contribution in [0, 0.1) is 12.8 Å². The SMILES string of the molecule is Cc1nnc(NC(=O)[C@@H](C)Cn2nc(-c3cccs3)ccc2=O)s1. The molecule has 3 heterocycles. The molecule has 0 radical (unpaired) electrons. The third-order valence-corrected chi connectivity index (χ3v) is 4.94. The summed E-state index contributed by atoms with van der Waals surface area (Å²) in [4.78, 5) is 25.2. The highest BCUT2D eigenvalue weighted by atomic mass is 32.1. The zero-order chi connectivity index (χ0) is 17.1. The normalized spacial score (nSPS) is 12.1. The summed E-state index contributed by atoms with van der Waals surface area (Å²) in [6.07, 6.45) is 0. The first-order valence-electron chi connectivity index (χ1n) is 7.26. The lowest BCUT2D eigenvalue weighted by atomic mass is 10.1. The molecule has 1 amide bonds. The summed E-state index contributed by atoms with van der Waals surface area (Å²) in [7, 11) is 0.